The van der Waals surface area contributed by atoms with E-state index < -0.39 is 28.4 Å². The molecule has 0 aliphatic heterocycles. The van der Waals surface area contributed by atoms with Crippen LogP contribution >= 0.6 is 0 Å². The molecule has 0 heterocycles. The van der Waals surface area contributed by atoms with Gasteiger partial charge in [0.05, 0.1) is 4.92 Å². The first-order valence-corrected chi connectivity index (χ1v) is 7.40. The second kappa shape index (κ2) is 9.02. The Labute approximate surface area is 144 Å². The quantitative estimate of drug-likeness (QED) is 0.282. The highest BCUT2D eigenvalue weighted by Gasteiger charge is 2.23. The van der Waals surface area contributed by atoms with Crippen LogP contribution in [-0.2, 0) is 9.59 Å². The van der Waals surface area contributed by atoms with Crippen molar-refractivity contribution in [3.8, 4) is 6.07 Å². The maximum Gasteiger partial charge on any atom is 0.326 e. The minimum atomic E-state index is -1.20. The third-order valence-corrected chi connectivity index (χ3v) is 3.15. The van der Waals surface area contributed by atoms with Crippen molar-refractivity contribution in [2.45, 2.75) is 26.3 Å². The van der Waals surface area contributed by atoms with Crippen molar-refractivity contribution in [3.63, 3.8) is 0 Å². The van der Waals surface area contributed by atoms with E-state index in [9.17, 15) is 19.7 Å². The molecule has 0 aliphatic rings. The number of nitrogens with one attached hydrogen (secondary N) is 2. The van der Waals surface area contributed by atoms with Gasteiger partial charge in [-0.25, -0.2) is 4.79 Å². The molecule has 1 rings (SSSR count). The van der Waals surface area contributed by atoms with E-state index in [-0.39, 0.29) is 23.7 Å². The molecule has 1 amide bonds. The number of carboxylic acids is 1. The van der Waals surface area contributed by atoms with Gasteiger partial charge in [0.25, 0.3) is 11.6 Å². The van der Waals surface area contributed by atoms with Crippen molar-refractivity contribution in [2.24, 2.45) is 5.92 Å². The average molecular weight is 346 g/mol. The molecule has 0 aromatic heterocycles. The molecule has 0 fully saturated rings. The zero-order valence-electron chi connectivity index (χ0n) is 13.7. The van der Waals surface area contributed by atoms with Crippen LogP contribution in [0.3, 0.4) is 0 Å². The third-order valence-electron chi connectivity index (χ3n) is 3.15. The maximum atomic E-state index is 12.1. The average Bonchev–Trinajstić information content (AvgIpc) is 2.54. The van der Waals surface area contributed by atoms with Gasteiger partial charge >= 0.3 is 5.97 Å². The lowest BCUT2D eigenvalue weighted by molar-refractivity contribution is -0.383. The molecular weight excluding hydrogens is 328 g/mol. The normalized spacial score (nSPS) is 12.2. The van der Waals surface area contributed by atoms with Gasteiger partial charge in [-0.1, -0.05) is 26.0 Å². The van der Waals surface area contributed by atoms with E-state index in [4.69, 9.17) is 10.4 Å². The van der Waals surface area contributed by atoms with Gasteiger partial charge in [-0.15, -0.1) is 0 Å². The van der Waals surface area contributed by atoms with Crippen LogP contribution in [0.15, 0.2) is 36.0 Å². The van der Waals surface area contributed by atoms with Crippen molar-refractivity contribution in [3.05, 3.63) is 46.2 Å². The maximum absolute atomic E-state index is 12.1. The summed E-state index contributed by atoms with van der Waals surface area (Å²) < 4.78 is 0. The molecular formula is C16H18N4O5. The van der Waals surface area contributed by atoms with Crippen molar-refractivity contribution in [1.29, 1.82) is 5.26 Å². The Morgan fingerprint density at radius 1 is 1.40 bits per heavy atom. The molecule has 9 heteroatoms. The number of carbonyl (C=O) groups excluding carboxylic acids is 1. The van der Waals surface area contributed by atoms with Crippen LogP contribution < -0.4 is 10.6 Å². The lowest BCUT2D eigenvalue weighted by atomic mass is 10.0. The van der Waals surface area contributed by atoms with Crippen molar-refractivity contribution < 1.29 is 19.6 Å². The number of para-hydroxylation sites is 2. The molecule has 0 spiro atoms. The highest BCUT2D eigenvalue weighted by atomic mass is 16.6. The largest absolute Gasteiger partial charge is 0.480 e. The molecule has 25 heavy (non-hydrogen) atoms. The monoisotopic (exact) mass is 346 g/mol. The lowest BCUT2D eigenvalue weighted by Gasteiger charge is -2.16. The summed E-state index contributed by atoms with van der Waals surface area (Å²) in [5.41, 5.74) is -0.516. The Bertz CT molecular complexity index is 736. The van der Waals surface area contributed by atoms with Gasteiger partial charge in [0.1, 0.15) is 23.4 Å². The van der Waals surface area contributed by atoms with Crippen LogP contribution in [0, 0.1) is 27.4 Å². The molecule has 0 saturated heterocycles. The van der Waals surface area contributed by atoms with Crippen LogP contribution in [0.5, 0.6) is 0 Å². The van der Waals surface area contributed by atoms with Crippen molar-refractivity contribution >= 4 is 23.3 Å². The molecule has 1 unspecified atom stereocenters. The molecule has 0 radical (unpaired) electrons. The van der Waals surface area contributed by atoms with E-state index >= 15 is 0 Å². The van der Waals surface area contributed by atoms with Gasteiger partial charge in [0.2, 0.25) is 0 Å². The second-order valence-electron chi connectivity index (χ2n) is 5.58. The number of nitro benzene ring substituents is 1. The second-order valence-corrected chi connectivity index (χ2v) is 5.58. The zero-order chi connectivity index (χ0) is 19.0. The first-order valence-electron chi connectivity index (χ1n) is 7.40. The number of nitrogens with zero attached hydrogens (tertiary/aromatic N) is 2. The fourth-order valence-electron chi connectivity index (χ4n) is 1.98. The standard InChI is InChI=1S/C16H18N4O5/c1-10(2)7-13(16(22)23)19-15(21)11(8-17)9-18-12-5-3-4-6-14(12)20(24)25/h3-6,9-10,13,18H,7H2,1-2H3,(H,19,21)(H,22,23)/b11-9-. The molecule has 3 N–H and O–H groups in total. The summed E-state index contributed by atoms with van der Waals surface area (Å²) in [5, 5.41) is 33.9. The molecule has 1 aromatic rings. The molecule has 1 aromatic carbocycles. The Balaban J connectivity index is 2.93. The topological polar surface area (TPSA) is 145 Å². The number of carboxylic acid groups (broad SMARTS) is 1. The Kier molecular flexibility index (Phi) is 7.09. The first kappa shape index (κ1) is 19.6. The van der Waals surface area contributed by atoms with Crippen LogP contribution in [0.1, 0.15) is 20.3 Å². The van der Waals surface area contributed by atoms with Crippen LogP contribution in [0.25, 0.3) is 0 Å². The summed E-state index contributed by atoms with van der Waals surface area (Å²) in [7, 11) is 0. The number of nitriles is 1. The number of rotatable bonds is 8. The number of aliphatic carboxylic acids is 1. The van der Waals surface area contributed by atoms with E-state index in [1.165, 1.54) is 18.2 Å². The Morgan fingerprint density at radius 2 is 2.04 bits per heavy atom. The molecule has 0 aliphatic carbocycles. The summed E-state index contributed by atoms with van der Waals surface area (Å²) >= 11 is 0. The van der Waals surface area contributed by atoms with E-state index in [1.54, 1.807) is 26.0 Å². The van der Waals surface area contributed by atoms with Crippen LogP contribution in [0.2, 0.25) is 0 Å². The summed E-state index contributed by atoms with van der Waals surface area (Å²) in [5.74, 6) is -2.05. The fraction of sp³-hybridized carbons (Fsp3) is 0.312. The van der Waals surface area contributed by atoms with Gasteiger partial charge < -0.3 is 15.7 Å². The van der Waals surface area contributed by atoms with Gasteiger partial charge in [-0.3, -0.25) is 14.9 Å². The van der Waals surface area contributed by atoms with Gasteiger partial charge in [-0.05, 0) is 18.4 Å². The first-order chi connectivity index (χ1) is 11.8. The summed E-state index contributed by atoms with van der Waals surface area (Å²) in [6, 6.07) is 6.23. The molecule has 0 saturated carbocycles. The third kappa shape index (κ3) is 5.95. The lowest BCUT2D eigenvalue weighted by Crippen LogP contribution is -2.42. The molecule has 1 atom stereocenters. The number of nitro groups is 1. The van der Waals surface area contributed by atoms with Crippen molar-refractivity contribution in [1.82, 2.24) is 5.32 Å². The van der Waals surface area contributed by atoms with E-state index in [0.717, 1.165) is 6.20 Å². The Hall–Kier alpha value is -3.41. The minimum absolute atomic E-state index is 0.0287. The minimum Gasteiger partial charge on any atom is -0.480 e. The predicted molar refractivity (Wildman–Crippen MR) is 89.4 cm³/mol. The van der Waals surface area contributed by atoms with Gasteiger partial charge in [0, 0.05) is 12.3 Å². The Morgan fingerprint density at radius 3 is 2.56 bits per heavy atom. The van der Waals surface area contributed by atoms with E-state index in [0.29, 0.717) is 0 Å². The summed E-state index contributed by atoms with van der Waals surface area (Å²) in [4.78, 5) is 33.6. The number of carbonyl (C=O) groups is 2. The molecule has 0 bridgehead atoms. The number of hydrogen-bond acceptors (Lipinski definition) is 6. The van der Waals surface area contributed by atoms with Crippen LogP contribution in [0.4, 0.5) is 11.4 Å². The number of anilines is 1. The smallest absolute Gasteiger partial charge is 0.326 e. The van der Waals surface area contributed by atoms with E-state index in [2.05, 4.69) is 10.6 Å². The van der Waals surface area contributed by atoms with Gasteiger partial charge in [-0.2, -0.15) is 5.26 Å². The summed E-state index contributed by atoms with van der Waals surface area (Å²) in [6.07, 6.45) is 1.21. The SMILES string of the molecule is CC(C)CC(NC(=O)/C(C#N)=C\Nc1ccccc1[N+](=O)[O-])C(=O)O. The van der Waals surface area contributed by atoms with Crippen LogP contribution in [-0.4, -0.2) is 27.9 Å². The number of amides is 1. The number of benzene rings is 1. The zero-order valence-corrected chi connectivity index (χ0v) is 13.7. The van der Waals surface area contributed by atoms with Gasteiger partial charge in [0.15, 0.2) is 0 Å². The highest BCUT2D eigenvalue weighted by molar-refractivity contribution is 5.99. The highest BCUT2D eigenvalue weighted by Crippen LogP contribution is 2.23. The fourth-order valence-corrected chi connectivity index (χ4v) is 1.98. The molecule has 9 nitrogen and oxygen atoms in total. The predicted octanol–water partition coefficient (Wildman–Crippen LogP) is 2.03. The molecule has 132 valence electrons. The van der Waals surface area contributed by atoms with E-state index in [1.807, 2.05) is 0 Å². The number of hydrogen-bond donors (Lipinski definition) is 3. The van der Waals surface area contributed by atoms with Crippen molar-refractivity contribution in [2.75, 3.05) is 5.32 Å². The summed E-state index contributed by atoms with van der Waals surface area (Å²) in [6.45, 7) is 3.61.